The van der Waals surface area contributed by atoms with Crippen LogP contribution in [0.1, 0.15) is 16.2 Å². The number of carbonyl (C=O) groups excluding carboxylic acids is 1. The van der Waals surface area contributed by atoms with Gasteiger partial charge in [-0.15, -0.1) is 0 Å². The van der Waals surface area contributed by atoms with E-state index < -0.39 is 0 Å². The van der Waals surface area contributed by atoms with Crippen LogP contribution in [0.3, 0.4) is 0 Å². The van der Waals surface area contributed by atoms with E-state index >= 15 is 0 Å². The minimum Gasteiger partial charge on any atom is -0.345 e. The van der Waals surface area contributed by atoms with Crippen LogP contribution >= 0.6 is 0 Å². The Morgan fingerprint density at radius 2 is 2.11 bits per heavy atom. The lowest BCUT2D eigenvalue weighted by Crippen LogP contribution is -2.24. The average molecular weight is 255 g/mol. The molecule has 3 heterocycles. The van der Waals surface area contributed by atoms with Crippen molar-refractivity contribution in [1.29, 1.82) is 0 Å². The maximum Gasteiger partial charge on any atom is 0.253 e. The second kappa shape index (κ2) is 4.56. The Bertz CT molecular complexity index is 727. The average Bonchev–Trinajstić information content (AvgIpc) is 3.03. The second-order valence-corrected chi connectivity index (χ2v) is 4.25. The lowest BCUT2D eigenvalue weighted by atomic mass is 10.2. The number of fused-ring (bicyclic) bond motifs is 1. The molecular formula is C13H13N5O. The van der Waals surface area contributed by atoms with Gasteiger partial charge in [-0.3, -0.25) is 4.79 Å². The molecule has 0 aliphatic carbocycles. The molecule has 0 aliphatic rings. The predicted octanol–water partition coefficient (Wildman–Crippen LogP) is 0.998. The first kappa shape index (κ1) is 11.5. The number of aryl methyl sites for hydroxylation is 1. The van der Waals surface area contributed by atoms with Crippen molar-refractivity contribution in [3.05, 3.63) is 54.5 Å². The van der Waals surface area contributed by atoms with Crippen molar-refractivity contribution in [2.75, 3.05) is 0 Å². The molecule has 0 radical (unpaired) electrons. The monoisotopic (exact) mass is 255 g/mol. The largest absolute Gasteiger partial charge is 0.345 e. The maximum absolute atomic E-state index is 12.0. The minimum atomic E-state index is -0.126. The van der Waals surface area contributed by atoms with E-state index in [0.29, 0.717) is 12.1 Å². The topological polar surface area (TPSA) is 64.2 Å². The van der Waals surface area contributed by atoms with Gasteiger partial charge in [0.05, 0.1) is 12.1 Å². The molecule has 1 N–H and O–H groups in total. The number of nitrogens with zero attached hydrogens (tertiary/aromatic N) is 4. The highest BCUT2D eigenvalue weighted by molar-refractivity contribution is 5.94. The molecular weight excluding hydrogens is 242 g/mol. The first-order valence-corrected chi connectivity index (χ1v) is 5.91. The highest BCUT2D eigenvalue weighted by atomic mass is 16.1. The molecule has 3 aromatic heterocycles. The number of rotatable bonds is 3. The van der Waals surface area contributed by atoms with E-state index in [1.165, 1.54) is 0 Å². The fourth-order valence-corrected chi connectivity index (χ4v) is 1.88. The number of carbonyl (C=O) groups is 1. The van der Waals surface area contributed by atoms with E-state index in [-0.39, 0.29) is 5.91 Å². The lowest BCUT2D eigenvalue weighted by molar-refractivity contribution is 0.0949. The molecule has 3 rings (SSSR count). The summed E-state index contributed by atoms with van der Waals surface area (Å²) in [5.74, 6) is 0.690. The summed E-state index contributed by atoms with van der Waals surface area (Å²) >= 11 is 0. The predicted molar refractivity (Wildman–Crippen MR) is 69.6 cm³/mol. The summed E-state index contributed by atoms with van der Waals surface area (Å²) in [6.07, 6.45) is 8.82. The van der Waals surface area contributed by atoms with E-state index in [9.17, 15) is 4.79 Å². The molecule has 6 nitrogen and oxygen atoms in total. The van der Waals surface area contributed by atoms with Gasteiger partial charge in [-0.1, -0.05) is 0 Å². The fraction of sp³-hybridized carbons (Fsp3) is 0.154. The zero-order valence-electron chi connectivity index (χ0n) is 10.4. The van der Waals surface area contributed by atoms with E-state index in [0.717, 1.165) is 11.5 Å². The lowest BCUT2D eigenvalue weighted by Gasteiger charge is -2.05. The van der Waals surface area contributed by atoms with Crippen molar-refractivity contribution in [2.24, 2.45) is 7.05 Å². The molecule has 6 heteroatoms. The van der Waals surface area contributed by atoms with Crippen LogP contribution in [-0.4, -0.2) is 24.8 Å². The summed E-state index contributed by atoms with van der Waals surface area (Å²) in [6, 6.07) is 3.58. The van der Waals surface area contributed by atoms with Gasteiger partial charge in [0, 0.05) is 38.0 Å². The van der Waals surface area contributed by atoms with Crippen LogP contribution in [0.5, 0.6) is 0 Å². The van der Waals surface area contributed by atoms with Gasteiger partial charge in [-0.2, -0.15) is 0 Å². The summed E-state index contributed by atoms with van der Waals surface area (Å²) in [6.45, 7) is 0.407. The Hall–Kier alpha value is -2.63. The van der Waals surface area contributed by atoms with Gasteiger partial charge in [0.25, 0.3) is 5.91 Å². The fourth-order valence-electron chi connectivity index (χ4n) is 1.88. The smallest absolute Gasteiger partial charge is 0.253 e. The molecule has 0 fully saturated rings. The molecule has 0 spiro atoms. The summed E-state index contributed by atoms with van der Waals surface area (Å²) in [5, 5.41) is 2.84. The Kier molecular flexibility index (Phi) is 2.75. The molecule has 3 aromatic rings. The zero-order chi connectivity index (χ0) is 13.2. The normalized spacial score (nSPS) is 10.8. The molecule has 0 bridgehead atoms. The van der Waals surface area contributed by atoms with Crippen LogP contribution in [0.2, 0.25) is 0 Å². The van der Waals surface area contributed by atoms with Gasteiger partial charge in [-0.25, -0.2) is 9.97 Å². The first-order valence-electron chi connectivity index (χ1n) is 5.91. The molecule has 0 aromatic carbocycles. The number of imidazole rings is 2. The van der Waals surface area contributed by atoms with Crippen molar-refractivity contribution in [3.63, 3.8) is 0 Å². The Morgan fingerprint density at radius 1 is 1.26 bits per heavy atom. The zero-order valence-corrected chi connectivity index (χ0v) is 10.4. The summed E-state index contributed by atoms with van der Waals surface area (Å²) in [4.78, 5) is 20.3. The quantitative estimate of drug-likeness (QED) is 0.759. The van der Waals surface area contributed by atoms with Crippen LogP contribution < -0.4 is 5.32 Å². The second-order valence-electron chi connectivity index (χ2n) is 4.25. The standard InChI is InChI=1S/C13H13N5O/c1-17-6-4-15-12(17)8-16-13(19)10-2-3-11-14-5-7-18(11)9-10/h2-7,9H,8H2,1H3,(H,16,19). The SMILES string of the molecule is Cn1ccnc1CNC(=O)c1ccc2nccn2c1. The molecule has 0 aliphatic heterocycles. The molecule has 0 unspecified atom stereocenters. The molecule has 1 amide bonds. The van der Waals surface area contributed by atoms with Gasteiger partial charge in [0.15, 0.2) is 0 Å². The molecule has 96 valence electrons. The van der Waals surface area contributed by atoms with Crippen molar-refractivity contribution in [2.45, 2.75) is 6.54 Å². The summed E-state index contributed by atoms with van der Waals surface area (Å²) < 4.78 is 3.69. The highest BCUT2D eigenvalue weighted by Gasteiger charge is 2.07. The Balaban J connectivity index is 1.74. The summed E-state index contributed by atoms with van der Waals surface area (Å²) in [5.41, 5.74) is 1.42. The summed E-state index contributed by atoms with van der Waals surface area (Å²) in [7, 11) is 1.89. The number of hydrogen-bond acceptors (Lipinski definition) is 3. The molecule has 19 heavy (non-hydrogen) atoms. The Morgan fingerprint density at radius 3 is 2.89 bits per heavy atom. The van der Waals surface area contributed by atoms with E-state index in [1.807, 2.05) is 34.5 Å². The van der Waals surface area contributed by atoms with Gasteiger partial charge < -0.3 is 14.3 Å². The third-order valence-electron chi connectivity index (χ3n) is 2.98. The van der Waals surface area contributed by atoms with Crippen LogP contribution in [0.15, 0.2) is 43.1 Å². The highest BCUT2D eigenvalue weighted by Crippen LogP contribution is 2.05. The van der Waals surface area contributed by atoms with Crippen molar-refractivity contribution >= 4 is 11.6 Å². The first-order chi connectivity index (χ1) is 9.24. The van der Waals surface area contributed by atoms with Crippen molar-refractivity contribution in [3.8, 4) is 0 Å². The van der Waals surface area contributed by atoms with E-state index in [2.05, 4.69) is 15.3 Å². The van der Waals surface area contributed by atoms with E-state index in [1.54, 1.807) is 24.7 Å². The third-order valence-corrected chi connectivity index (χ3v) is 2.98. The van der Waals surface area contributed by atoms with Crippen LogP contribution in [0.4, 0.5) is 0 Å². The number of nitrogens with one attached hydrogen (secondary N) is 1. The van der Waals surface area contributed by atoms with E-state index in [4.69, 9.17) is 0 Å². The maximum atomic E-state index is 12.0. The number of pyridine rings is 1. The Labute approximate surface area is 109 Å². The van der Waals surface area contributed by atoms with Gasteiger partial charge in [0.1, 0.15) is 11.5 Å². The number of amides is 1. The van der Waals surface area contributed by atoms with Crippen molar-refractivity contribution in [1.82, 2.24) is 24.3 Å². The van der Waals surface area contributed by atoms with Gasteiger partial charge in [0.2, 0.25) is 0 Å². The van der Waals surface area contributed by atoms with Gasteiger partial charge in [-0.05, 0) is 12.1 Å². The number of hydrogen-bond donors (Lipinski definition) is 1. The van der Waals surface area contributed by atoms with Crippen LogP contribution in [0.25, 0.3) is 5.65 Å². The minimum absolute atomic E-state index is 0.126. The number of aromatic nitrogens is 4. The molecule has 0 saturated heterocycles. The van der Waals surface area contributed by atoms with Crippen molar-refractivity contribution < 1.29 is 4.79 Å². The molecule has 0 saturated carbocycles. The third kappa shape index (κ3) is 2.20. The molecule has 0 atom stereocenters. The van der Waals surface area contributed by atoms with Crippen LogP contribution in [0, 0.1) is 0 Å². The van der Waals surface area contributed by atoms with Gasteiger partial charge >= 0.3 is 0 Å². The van der Waals surface area contributed by atoms with Crippen LogP contribution in [-0.2, 0) is 13.6 Å².